The zero-order valence-corrected chi connectivity index (χ0v) is 9.89. The summed E-state index contributed by atoms with van der Waals surface area (Å²) in [6.45, 7) is 3.52. The van der Waals surface area contributed by atoms with Crippen molar-refractivity contribution in [1.29, 1.82) is 0 Å². The summed E-state index contributed by atoms with van der Waals surface area (Å²) < 4.78 is 0. The van der Waals surface area contributed by atoms with E-state index in [4.69, 9.17) is 5.11 Å². The van der Waals surface area contributed by atoms with Gasteiger partial charge in [0.2, 0.25) is 0 Å². The van der Waals surface area contributed by atoms with Crippen LogP contribution in [0, 0.1) is 0 Å². The van der Waals surface area contributed by atoms with Crippen LogP contribution in [0.5, 0.6) is 0 Å². The van der Waals surface area contributed by atoms with Crippen molar-refractivity contribution in [2.24, 2.45) is 0 Å². The number of hydrogen-bond acceptors (Lipinski definition) is 3. The monoisotopic (exact) mass is 235 g/mol. The van der Waals surface area contributed by atoms with Crippen LogP contribution in [-0.4, -0.2) is 33.2 Å². The molecule has 0 bridgehead atoms. The molecule has 2 N–H and O–H groups in total. The van der Waals surface area contributed by atoms with Crippen LogP contribution in [-0.2, 0) is 17.9 Å². The first-order valence-corrected chi connectivity index (χ1v) is 5.70. The summed E-state index contributed by atoms with van der Waals surface area (Å²) in [4.78, 5) is 12.7. The molecule has 1 atom stereocenters. The van der Waals surface area contributed by atoms with Crippen LogP contribution in [0.1, 0.15) is 24.5 Å². The number of rotatable bonds is 4. The number of carboxylic acid groups (broad SMARTS) is 1. The molecule has 1 aromatic carbocycles. The molecular formula is C13H17NO3. The molecular weight excluding hydrogens is 218 g/mol. The van der Waals surface area contributed by atoms with E-state index in [9.17, 15) is 9.90 Å². The molecule has 1 aromatic rings. The average Bonchev–Trinajstić information content (AvgIpc) is 2.55. The Morgan fingerprint density at radius 1 is 1.35 bits per heavy atom. The zero-order chi connectivity index (χ0) is 12.5. The van der Waals surface area contributed by atoms with E-state index in [0.29, 0.717) is 6.54 Å². The topological polar surface area (TPSA) is 60.8 Å². The van der Waals surface area contributed by atoms with Crippen molar-refractivity contribution in [3.05, 3.63) is 35.4 Å². The Labute approximate surface area is 100 Å². The second-order valence-corrected chi connectivity index (χ2v) is 4.98. The van der Waals surface area contributed by atoms with Gasteiger partial charge in [0.15, 0.2) is 0 Å². The SMILES string of the molecule is CC(O)(CC(=O)O)CN1Cc2ccccc2C1. The third kappa shape index (κ3) is 3.05. The smallest absolute Gasteiger partial charge is 0.306 e. The van der Waals surface area contributed by atoms with Crippen LogP contribution in [0.2, 0.25) is 0 Å². The predicted molar refractivity (Wildman–Crippen MR) is 63.4 cm³/mol. The highest BCUT2D eigenvalue weighted by Gasteiger charge is 2.29. The fourth-order valence-electron chi connectivity index (χ4n) is 2.38. The number of hydrogen-bond donors (Lipinski definition) is 2. The van der Waals surface area contributed by atoms with Gasteiger partial charge in [0, 0.05) is 19.6 Å². The van der Waals surface area contributed by atoms with Crippen molar-refractivity contribution < 1.29 is 15.0 Å². The largest absolute Gasteiger partial charge is 0.481 e. The number of aliphatic carboxylic acids is 1. The third-order valence-electron chi connectivity index (χ3n) is 3.00. The lowest BCUT2D eigenvalue weighted by Gasteiger charge is -2.27. The highest BCUT2D eigenvalue weighted by atomic mass is 16.4. The molecule has 0 radical (unpaired) electrons. The molecule has 2 rings (SSSR count). The van der Waals surface area contributed by atoms with Gasteiger partial charge in [0.1, 0.15) is 0 Å². The van der Waals surface area contributed by atoms with Gasteiger partial charge in [-0.15, -0.1) is 0 Å². The van der Waals surface area contributed by atoms with Crippen molar-refractivity contribution in [3.8, 4) is 0 Å². The molecule has 4 heteroatoms. The van der Waals surface area contributed by atoms with Crippen molar-refractivity contribution in [2.45, 2.75) is 32.0 Å². The van der Waals surface area contributed by atoms with E-state index in [1.165, 1.54) is 11.1 Å². The Kier molecular flexibility index (Phi) is 3.17. The van der Waals surface area contributed by atoms with Gasteiger partial charge in [0.25, 0.3) is 0 Å². The number of nitrogens with zero attached hydrogens (tertiary/aromatic N) is 1. The van der Waals surface area contributed by atoms with Gasteiger partial charge < -0.3 is 10.2 Å². The van der Waals surface area contributed by atoms with Crippen molar-refractivity contribution in [3.63, 3.8) is 0 Å². The molecule has 0 aliphatic carbocycles. The van der Waals surface area contributed by atoms with E-state index in [0.717, 1.165) is 13.1 Å². The fourth-order valence-corrected chi connectivity index (χ4v) is 2.38. The highest BCUT2D eigenvalue weighted by molar-refractivity contribution is 5.68. The minimum Gasteiger partial charge on any atom is -0.481 e. The third-order valence-corrected chi connectivity index (χ3v) is 3.00. The lowest BCUT2D eigenvalue weighted by atomic mass is 10.0. The van der Waals surface area contributed by atoms with E-state index in [-0.39, 0.29) is 6.42 Å². The summed E-state index contributed by atoms with van der Waals surface area (Å²) >= 11 is 0. The Morgan fingerprint density at radius 2 is 1.88 bits per heavy atom. The van der Waals surface area contributed by atoms with Crippen molar-refractivity contribution in [1.82, 2.24) is 4.90 Å². The van der Waals surface area contributed by atoms with Crippen molar-refractivity contribution >= 4 is 5.97 Å². The van der Waals surface area contributed by atoms with E-state index < -0.39 is 11.6 Å². The van der Waals surface area contributed by atoms with E-state index in [2.05, 4.69) is 17.0 Å². The maximum Gasteiger partial charge on any atom is 0.306 e. The Bertz CT molecular complexity index is 403. The van der Waals surface area contributed by atoms with E-state index in [1.807, 2.05) is 12.1 Å². The van der Waals surface area contributed by atoms with Crippen LogP contribution in [0.25, 0.3) is 0 Å². The van der Waals surface area contributed by atoms with Gasteiger partial charge >= 0.3 is 5.97 Å². The van der Waals surface area contributed by atoms with Gasteiger partial charge in [0.05, 0.1) is 12.0 Å². The summed E-state index contributed by atoms with van der Waals surface area (Å²) in [7, 11) is 0. The van der Waals surface area contributed by atoms with Gasteiger partial charge in [-0.25, -0.2) is 0 Å². The fraction of sp³-hybridized carbons (Fsp3) is 0.462. The lowest BCUT2D eigenvalue weighted by Crippen LogP contribution is -2.40. The van der Waals surface area contributed by atoms with Gasteiger partial charge in [-0.1, -0.05) is 24.3 Å². The molecule has 1 aliphatic heterocycles. The van der Waals surface area contributed by atoms with Crippen LogP contribution in [0.3, 0.4) is 0 Å². The van der Waals surface area contributed by atoms with Gasteiger partial charge in [-0.3, -0.25) is 9.69 Å². The second-order valence-electron chi connectivity index (χ2n) is 4.98. The Balaban J connectivity index is 1.98. The summed E-state index contributed by atoms with van der Waals surface area (Å²) in [5.41, 5.74) is 1.35. The predicted octanol–water partition coefficient (Wildman–Crippen LogP) is 1.23. The summed E-state index contributed by atoms with van der Waals surface area (Å²) in [6, 6.07) is 8.14. The molecule has 0 spiro atoms. The molecule has 0 aromatic heterocycles. The maximum atomic E-state index is 10.6. The minimum absolute atomic E-state index is 0.222. The molecule has 4 nitrogen and oxygen atoms in total. The van der Waals surface area contributed by atoms with Crippen LogP contribution < -0.4 is 0 Å². The van der Waals surface area contributed by atoms with Gasteiger partial charge in [-0.05, 0) is 18.1 Å². The molecule has 1 heterocycles. The minimum atomic E-state index is -1.17. The quantitative estimate of drug-likeness (QED) is 0.824. The van der Waals surface area contributed by atoms with Gasteiger partial charge in [-0.2, -0.15) is 0 Å². The average molecular weight is 235 g/mol. The first-order valence-electron chi connectivity index (χ1n) is 5.70. The van der Waals surface area contributed by atoms with Crippen molar-refractivity contribution in [2.75, 3.05) is 6.54 Å². The van der Waals surface area contributed by atoms with Crippen LogP contribution in [0.4, 0.5) is 0 Å². The number of benzene rings is 1. The molecule has 0 saturated carbocycles. The molecule has 0 amide bonds. The Hall–Kier alpha value is -1.39. The Morgan fingerprint density at radius 3 is 2.35 bits per heavy atom. The van der Waals surface area contributed by atoms with Crippen LogP contribution >= 0.6 is 0 Å². The molecule has 0 fully saturated rings. The normalized spacial score (nSPS) is 18.7. The second kappa shape index (κ2) is 4.47. The van der Waals surface area contributed by atoms with E-state index in [1.54, 1.807) is 6.92 Å². The van der Waals surface area contributed by atoms with E-state index >= 15 is 0 Å². The first-order chi connectivity index (χ1) is 7.96. The highest BCUT2D eigenvalue weighted by Crippen LogP contribution is 2.24. The zero-order valence-electron chi connectivity index (χ0n) is 9.89. The lowest BCUT2D eigenvalue weighted by molar-refractivity contribution is -0.142. The summed E-state index contributed by atoms with van der Waals surface area (Å²) in [5.74, 6) is -0.966. The first kappa shape index (κ1) is 12.1. The molecule has 1 unspecified atom stereocenters. The number of carboxylic acids is 1. The maximum absolute atomic E-state index is 10.6. The molecule has 0 saturated heterocycles. The summed E-state index contributed by atoms with van der Waals surface area (Å²) in [6.07, 6.45) is -0.222. The molecule has 17 heavy (non-hydrogen) atoms. The summed E-state index contributed by atoms with van der Waals surface area (Å²) in [5, 5.41) is 18.7. The van der Waals surface area contributed by atoms with Crippen LogP contribution in [0.15, 0.2) is 24.3 Å². The number of aliphatic hydroxyl groups is 1. The number of carbonyl (C=O) groups is 1. The molecule has 92 valence electrons. The number of fused-ring (bicyclic) bond motifs is 1. The standard InChI is InChI=1S/C13H17NO3/c1-13(17,6-12(15)16)9-14-7-10-4-2-3-5-11(10)8-14/h2-5,17H,6-9H2,1H3,(H,15,16). The molecule has 1 aliphatic rings. The number of β-amino-alcohol motifs (C(OH)–C–C–N with tert-alkyl or cyclic N) is 1.